The zero-order valence-corrected chi connectivity index (χ0v) is 18.4. The maximum absolute atomic E-state index is 13.0. The second-order valence-corrected chi connectivity index (χ2v) is 10.1. The molecule has 1 aliphatic heterocycles. The summed E-state index contributed by atoms with van der Waals surface area (Å²) in [6.45, 7) is 0.950. The largest absolute Gasteiger partial charge is 0.321 e. The summed E-state index contributed by atoms with van der Waals surface area (Å²) in [5, 5.41) is 4.35. The van der Waals surface area contributed by atoms with Gasteiger partial charge in [0.05, 0.1) is 0 Å². The summed E-state index contributed by atoms with van der Waals surface area (Å²) in [6, 6.07) is 17.0. The number of benzene rings is 2. The lowest BCUT2D eigenvalue weighted by Crippen LogP contribution is -2.36. The van der Waals surface area contributed by atoms with E-state index in [9.17, 15) is 18.0 Å². The predicted molar refractivity (Wildman–Crippen MR) is 121 cm³/mol. The normalized spacial score (nSPS) is 14.8. The van der Waals surface area contributed by atoms with Crippen molar-refractivity contribution in [2.45, 2.75) is 24.2 Å². The molecule has 0 unspecified atom stereocenters. The number of carbonyl (C=O) groups excluding carboxylic acids is 2. The number of hydrogen-bond donors (Lipinski definition) is 1. The highest BCUT2D eigenvalue weighted by Gasteiger charge is 2.31. The van der Waals surface area contributed by atoms with E-state index in [4.69, 9.17) is 0 Å². The number of nitrogens with zero attached hydrogens (tertiary/aromatic N) is 1. The molecule has 0 saturated carbocycles. The molecule has 0 spiro atoms. The van der Waals surface area contributed by atoms with Crippen molar-refractivity contribution in [2.75, 3.05) is 18.4 Å². The van der Waals surface area contributed by atoms with Crippen LogP contribution in [0.25, 0.3) is 0 Å². The second-order valence-electron chi connectivity index (χ2n) is 7.31. The van der Waals surface area contributed by atoms with Gasteiger partial charge >= 0.3 is 0 Å². The SMILES string of the molecule is O=C(c1ccccc1)c1cccc(NC(=O)c2sccc2S(=O)(=O)N2CCCCC2)c1. The molecule has 8 heteroatoms. The third-order valence-corrected chi connectivity index (χ3v) is 8.17. The fourth-order valence-electron chi connectivity index (χ4n) is 3.59. The molecule has 1 saturated heterocycles. The van der Waals surface area contributed by atoms with Gasteiger partial charge in [-0.15, -0.1) is 11.3 Å². The Kier molecular flexibility index (Phi) is 6.31. The molecule has 160 valence electrons. The summed E-state index contributed by atoms with van der Waals surface area (Å²) in [4.78, 5) is 25.8. The molecule has 1 aromatic heterocycles. The fourth-order valence-corrected chi connectivity index (χ4v) is 6.41. The van der Waals surface area contributed by atoms with E-state index >= 15 is 0 Å². The first-order valence-electron chi connectivity index (χ1n) is 10.1. The first kappa shape index (κ1) is 21.4. The number of amides is 1. The Balaban J connectivity index is 1.55. The summed E-state index contributed by atoms with van der Waals surface area (Å²) in [7, 11) is -3.72. The van der Waals surface area contributed by atoms with Crippen molar-refractivity contribution in [3.63, 3.8) is 0 Å². The molecule has 1 amide bonds. The van der Waals surface area contributed by atoms with Crippen LogP contribution in [0.5, 0.6) is 0 Å². The van der Waals surface area contributed by atoms with Crippen molar-refractivity contribution in [3.8, 4) is 0 Å². The molecule has 0 atom stereocenters. The van der Waals surface area contributed by atoms with Crippen LogP contribution in [0.1, 0.15) is 44.9 Å². The van der Waals surface area contributed by atoms with E-state index in [1.165, 1.54) is 10.4 Å². The zero-order valence-electron chi connectivity index (χ0n) is 16.8. The molecular weight excluding hydrogens is 432 g/mol. The second kappa shape index (κ2) is 9.13. The third kappa shape index (κ3) is 4.61. The highest BCUT2D eigenvalue weighted by molar-refractivity contribution is 7.89. The summed E-state index contributed by atoms with van der Waals surface area (Å²) in [5.74, 6) is -0.656. The van der Waals surface area contributed by atoms with Gasteiger partial charge in [-0.25, -0.2) is 8.42 Å². The van der Waals surface area contributed by atoms with Gasteiger partial charge in [-0.1, -0.05) is 48.9 Å². The number of carbonyl (C=O) groups is 2. The van der Waals surface area contributed by atoms with Gasteiger partial charge in [-0.05, 0) is 36.4 Å². The third-order valence-electron chi connectivity index (χ3n) is 5.19. The molecule has 4 rings (SSSR count). The minimum atomic E-state index is -3.72. The molecule has 6 nitrogen and oxygen atoms in total. The Morgan fingerprint density at radius 1 is 0.871 bits per heavy atom. The molecular formula is C23H22N2O4S2. The topological polar surface area (TPSA) is 83.5 Å². The lowest BCUT2D eigenvalue weighted by molar-refractivity contribution is 0.102. The highest BCUT2D eigenvalue weighted by Crippen LogP contribution is 2.28. The van der Waals surface area contributed by atoms with Gasteiger partial charge in [0, 0.05) is 29.9 Å². The van der Waals surface area contributed by atoms with Crippen molar-refractivity contribution in [2.24, 2.45) is 0 Å². The first-order valence-corrected chi connectivity index (χ1v) is 12.4. The molecule has 3 aromatic rings. The Hall–Kier alpha value is -2.81. The molecule has 2 heterocycles. The van der Waals surface area contributed by atoms with E-state index in [0.717, 1.165) is 30.6 Å². The van der Waals surface area contributed by atoms with E-state index in [1.54, 1.807) is 53.9 Å². The van der Waals surface area contributed by atoms with Crippen molar-refractivity contribution in [1.82, 2.24) is 4.31 Å². The lowest BCUT2D eigenvalue weighted by atomic mass is 10.0. The van der Waals surface area contributed by atoms with Gasteiger partial charge in [0.15, 0.2) is 5.78 Å². The standard InChI is InChI=1S/C23H22N2O4S2/c26-21(17-8-3-1-4-9-17)18-10-7-11-19(16-18)24-23(27)22-20(12-15-30-22)31(28,29)25-13-5-2-6-14-25/h1,3-4,7-12,15-16H,2,5-6,13-14H2,(H,24,27). The van der Waals surface area contributed by atoms with Crippen LogP contribution in [0.4, 0.5) is 5.69 Å². The smallest absolute Gasteiger partial charge is 0.267 e. The van der Waals surface area contributed by atoms with Gasteiger partial charge in [-0.3, -0.25) is 9.59 Å². The Bertz CT molecular complexity index is 1200. The van der Waals surface area contributed by atoms with Gasteiger partial charge in [-0.2, -0.15) is 4.31 Å². The molecule has 0 aliphatic carbocycles. The first-order chi connectivity index (χ1) is 15.0. The average Bonchev–Trinajstić information content (AvgIpc) is 3.31. The van der Waals surface area contributed by atoms with Crippen molar-refractivity contribution in [1.29, 1.82) is 0 Å². The van der Waals surface area contributed by atoms with E-state index in [1.807, 2.05) is 6.07 Å². The maximum Gasteiger partial charge on any atom is 0.267 e. The maximum atomic E-state index is 13.0. The number of piperidine rings is 1. The van der Waals surface area contributed by atoms with Crippen LogP contribution in [-0.2, 0) is 10.0 Å². The van der Waals surface area contributed by atoms with Crippen LogP contribution in [0.2, 0.25) is 0 Å². The Morgan fingerprint density at radius 2 is 1.58 bits per heavy atom. The van der Waals surface area contributed by atoms with Crippen LogP contribution >= 0.6 is 11.3 Å². The minimum Gasteiger partial charge on any atom is -0.321 e. The molecule has 1 fully saturated rings. The van der Waals surface area contributed by atoms with E-state index < -0.39 is 15.9 Å². The van der Waals surface area contributed by atoms with Crippen LogP contribution < -0.4 is 5.32 Å². The summed E-state index contributed by atoms with van der Waals surface area (Å²) in [6.07, 6.45) is 2.67. The number of nitrogens with one attached hydrogen (secondary N) is 1. The van der Waals surface area contributed by atoms with Crippen LogP contribution in [0, 0.1) is 0 Å². The van der Waals surface area contributed by atoms with Gasteiger partial charge < -0.3 is 5.32 Å². The molecule has 2 aromatic carbocycles. The van der Waals surface area contributed by atoms with Crippen molar-refractivity contribution >= 4 is 38.7 Å². The van der Waals surface area contributed by atoms with Crippen LogP contribution in [0.15, 0.2) is 70.9 Å². The molecule has 0 radical (unpaired) electrons. The van der Waals surface area contributed by atoms with Gasteiger partial charge in [0.1, 0.15) is 9.77 Å². The van der Waals surface area contributed by atoms with Crippen molar-refractivity contribution < 1.29 is 18.0 Å². The summed E-state index contributed by atoms with van der Waals surface area (Å²) < 4.78 is 27.5. The summed E-state index contributed by atoms with van der Waals surface area (Å²) in [5.41, 5.74) is 1.43. The van der Waals surface area contributed by atoms with Gasteiger partial charge in [0.25, 0.3) is 5.91 Å². The number of ketones is 1. The number of anilines is 1. The van der Waals surface area contributed by atoms with Crippen LogP contribution in [0.3, 0.4) is 0 Å². The van der Waals surface area contributed by atoms with E-state index in [2.05, 4.69) is 5.32 Å². The van der Waals surface area contributed by atoms with Crippen molar-refractivity contribution in [3.05, 3.63) is 82.0 Å². The molecule has 1 aliphatic rings. The Labute approximate surface area is 185 Å². The van der Waals surface area contributed by atoms with Gasteiger partial charge in [0.2, 0.25) is 10.0 Å². The van der Waals surface area contributed by atoms with Crippen LogP contribution in [-0.4, -0.2) is 37.5 Å². The molecule has 1 N–H and O–H groups in total. The number of sulfonamides is 1. The predicted octanol–water partition coefficient (Wildman–Crippen LogP) is 4.41. The highest BCUT2D eigenvalue weighted by atomic mass is 32.2. The number of thiophene rings is 1. The van der Waals surface area contributed by atoms with E-state index in [0.29, 0.717) is 29.9 Å². The molecule has 0 bridgehead atoms. The average molecular weight is 455 g/mol. The quantitative estimate of drug-likeness (QED) is 0.560. The Morgan fingerprint density at radius 3 is 2.32 bits per heavy atom. The lowest BCUT2D eigenvalue weighted by Gasteiger charge is -2.25. The number of hydrogen-bond acceptors (Lipinski definition) is 5. The zero-order chi connectivity index (χ0) is 21.8. The molecule has 31 heavy (non-hydrogen) atoms. The number of rotatable bonds is 6. The summed E-state index contributed by atoms with van der Waals surface area (Å²) >= 11 is 1.09. The fraction of sp³-hybridized carbons (Fsp3) is 0.217. The minimum absolute atomic E-state index is 0.0356. The monoisotopic (exact) mass is 454 g/mol. The van der Waals surface area contributed by atoms with E-state index in [-0.39, 0.29) is 15.6 Å².